The Balaban J connectivity index is 2.40. The van der Waals surface area contributed by atoms with E-state index >= 15 is 0 Å². The first-order valence-corrected chi connectivity index (χ1v) is 5.04. The van der Waals surface area contributed by atoms with Gasteiger partial charge in [-0.3, -0.25) is 0 Å². The Kier molecular flexibility index (Phi) is 2.94. The molecular formula is C7H13IO2. The van der Waals surface area contributed by atoms with Crippen LogP contribution in [0.4, 0.5) is 0 Å². The normalized spacial score (nSPS) is 32.1. The van der Waals surface area contributed by atoms with Crippen molar-refractivity contribution in [3.05, 3.63) is 0 Å². The lowest BCUT2D eigenvalue weighted by atomic mass is 10.2. The summed E-state index contributed by atoms with van der Waals surface area (Å²) in [5.41, 5.74) is 0. The van der Waals surface area contributed by atoms with Gasteiger partial charge in [0.2, 0.25) is 0 Å². The molecule has 1 rings (SSSR count). The summed E-state index contributed by atoms with van der Waals surface area (Å²) in [7, 11) is 0. The van der Waals surface area contributed by atoms with Gasteiger partial charge in [-0.05, 0) is 20.3 Å². The summed E-state index contributed by atoms with van der Waals surface area (Å²) in [5.74, 6) is -0.353. The molecule has 3 heteroatoms. The van der Waals surface area contributed by atoms with Crippen LogP contribution in [0.15, 0.2) is 0 Å². The Morgan fingerprint density at radius 2 is 2.30 bits per heavy atom. The topological polar surface area (TPSA) is 18.5 Å². The second kappa shape index (κ2) is 3.36. The molecule has 0 aromatic carbocycles. The van der Waals surface area contributed by atoms with Gasteiger partial charge in [0.25, 0.3) is 0 Å². The zero-order valence-corrected chi connectivity index (χ0v) is 8.55. The molecule has 0 spiro atoms. The summed E-state index contributed by atoms with van der Waals surface area (Å²) in [5, 5.41) is 0. The van der Waals surface area contributed by atoms with Crippen LogP contribution in [0.2, 0.25) is 0 Å². The van der Waals surface area contributed by atoms with Crippen LogP contribution < -0.4 is 0 Å². The number of ether oxygens (including phenoxy) is 2. The molecule has 0 N–H and O–H groups in total. The number of alkyl halides is 1. The fourth-order valence-corrected chi connectivity index (χ4v) is 1.66. The molecule has 0 bridgehead atoms. The van der Waals surface area contributed by atoms with Gasteiger partial charge in [-0.15, -0.1) is 0 Å². The average Bonchev–Trinajstić information content (AvgIpc) is 1.86. The zero-order chi connectivity index (χ0) is 7.61. The van der Waals surface area contributed by atoms with Crippen LogP contribution in [-0.4, -0.2) is 22.9 Å². The lowest BCUT2D eigenvalue weighted by molar-refractivity contribution is -0.267. The third-order valence-corrected chi connectivity index (χ3v) is 2.49. The van der Waals surface area contributed by atoms with Crippen molar-refractivity contribution in [2.45, 2.75) is 32.2 Å². The molecule has 2 nitrogen and oxygen atoms in total. The first-order valence-electron chi connectivity index (χ1n) is 3.52. The third-order valence-electron chi connectivity index (χ3n) is 1.51. The molecule has 0 unspecified atom stereocenters. The van der Waals surface area contributed by atoms with Gasteiger partial charge in [0.1, 0.15) is 0 Å². The molecule has 1 saturated heterocycles. The molecule has 0 aromatic heterocycles. The maximum Gasteiger partial charge on any atom is 0.163 e. The maximum atomic E-state index is 5.59. The van der Waals surface area contributed by atoms with E-state index in [1.165, 1.54) is 0 Å². The first kappa shape index (κ1) is 8.74. The number of rotatable bonds is 1. The van der Waals surface area contributed by atoms with Crippen LogP contribution in [0.3, 0.4) is 0 Å². The van der Waals surface area contributed by atoms with Crippen molar-refractivity contribution in [2.75, 3.05) is 11.0 Å². The Morgan fingerprint density at radius 1 is 1.60 bits per heavy atom. The van der Waals surface area contributed by atoms with Crippen LogP contribution in [-0.2, 0) is 9.47 Å². The Hall–Kier alpha value is 0.650. The molecule has 60 valence electrons. The van der Waals surface area contributed by atoms with Crippen molar-refractivity contribution >= 4 is 22.6 Å². The first-order chi connectivity index (χ1) is 4.64. The minimum Gasteiger partial charge on any atom is -0.350 e. The van der Waals surface area contributed by atoms with Gasteiger partial charge in [-0.1, -0.05) is 22.6 Å². The van der Waals surface area contributed by atoms with E-state index in [0.717, 1.165) is 17.5 Å². The molecule has 10 heavy (non-hydrogen) atoms. The zero-order valence-electron chi connectivity index (χ0n) is 6.39. The predicted molar refractivity (Wildman–Crippen MR) is 48.4 cm³/mol. The van der Waals surface area contributed by atoms with Crippen molar-refractivity contribution in [3.63, 3.8) is 0 Å². The smallest absolute Gasteiger partial charge is 0.163 e. The summed E-state index contributed by atoms with van der Waals surface area (Å²) in [6, 6.07) is 0. The van der Waals surface area contributed by atoms with E-state index in [9.17, 15) is 0 Å². The number of hydrogen-bond acceptors (Lipinski definition) is 2. The summed E-state index contributed by atoms with van der Waals surface area (Å²) < 4.78 is 12.0. The van der Waals surface area contributed by atoms with Gasteiger partial charge in [-0.2, -0.15) is 0 Å². The quantitative estimate of drug-likeness (QED) is 0.527. The molecule has 0 radical (unpaired) electrons. The molecule has 1 atom stereocenters. The lowest BCUT2D eigenvalue weighted by Gasteiger charge is -2.35. The second-order valence-corrected chi connectivity index (χ2v) is 3.81. The van der Waals surface area contributed by atoms with Crippen molar-refractivity contribution in [2.24, 2.45) is 0 Å². The van der Waals surface area contributed by atoms with Crippen LogP contribution in [0.5, 0.6) is 0 Å². The largest absolute Gasteiger partial charge is 0.350 e. The summed E-state index contributed by atoms with van der Waals surface area (Å²) in [6.45, 7) is 4.76. The minimum absolute atomic E-state index is 0.353. The highest BCUT2D eigenvalue weighted by Crippen LogP contribution is 2.22. The standard InChI is InChI=1S/C7H13IO2/c1-7(2)9-4-3-6(5-8)10-7/h6H,3-5H2,1-2H3/t6-/m0/s1. The van der Waals surface area contributed by atoms with Crippen LogP contribution >= 0.6 is 22.6 Å². The van der Waals surface area contributed by atoms with Gasteiger partial charge in [0.15, 0.2) is 5.79 Å². The van der Waals surface area contributed by atoms with Crippen molar-refractivity contribution in [3.8, 4) is 0 Å². The molecule has 1 heterocycles. The SMILES string of the molecule is CC1(C)OCC[C@@H](CI)O1. The predicted octanol–water partition coefficient (Wildman–Crippen LogP) is 1.96. The van der Waals surface area contributed by atoms with E-state index in [1.807, 2.05) is 13.8 Å². The second-order valence-electron chi connectivity index (χ2n) is 2.93. The van der Waals surface area contributed by atoms with Gasteiger partial charge in [0.05, 0.1) is 12.7 Å². The van der Waals surface area contributed by atoms with Crippen LogP contribution in [0, 0.1) is 0 Å². The van der Waals surface area contributed by atoms with Crippen molar-refractivity contribution in [1.82, 2.24) is 0 Å². The van der Waals surface area contributed by atoms with E-state index in [2.05, 4.69) is 22.6 Å². The van der Waals surface area contributed by atoms with E-state index in [1.54, 1.807) is 0 Å². The van der Waals surface area contributed by atoms with Gasteiger partial charge < -0.3 is 9.47 Å². The minimum atomic E-state index is -0.353. The van der Waals surface area contributed by atoms with Crippen molar-refractivity contribution in [1.29, 1.82) is 0 Å². The van der Waals surface area contributed by atoms with Gasteiger partial charge in [0, 0.05) is 4.43 Å². The fourth-order valence-electron chi connectivity index (χ4n) is 1.04. The molecule has 0 aliphatic carbocycles. The maximum absolute atomic E-state index is 5.59. The molecule has 0 amide bonds. The highest BCUT2D eigenvalue weighted by Gasteiger charge is 2.28. The van der Waals surface area contributed by atoms with E-state index in [-0.39, 0.29) is 5.79 Å². The monoisotopic (exact) mass is 256 g/mol. The van der Waals surface area contributed by atoms with E-state index in [0.29, 0.717) is 6.10 Å². The van der Waals surface area contributed by atoms with Crippen LogP contribution in [0.25, 0.3) is 0 Å². The molecule has 0 aromatic rings. The molecule has 1 aliphatic rings. The highest BCUT2D eigenvalue weighted by molar-refractivity contribution is 14.1. The summed E-state index contributed by atoms with van der Waals surface area (Å²) in [6.07, 6.45) is 1.43. The van der Waals surface area contributed by atoms with E-state index in [4.69, 9.17) is 9.47 Å². The molecule has 1 fully saturated rings. The Bertz CT molecular complexity index is 114. The molecule has 1 aliphatic heterocycles. The van der Waals surface area contributed by atoms with E-state index < -0.39 is 0 Å². The highest BCUT2D eigenvalue weighted by atomic mass is 127. The number of hydrogen-bond donors (Lipinski definition) is 0. The summed E-state index contributed by atoms with van der Waals surface area (Å²) in [4.78, 5) is 0. The Morgan fingerprint density at radius 3 is 2.70 bits per heavy atom. The third kappa shape index (κ3) is 2.36. The fraction of sp³-hybridized carbons (Fsp3) is 1.00. The summed E-state index contributed by atoms with van der Waals surface area (Å²) >= 11 is 2.34. The van der Waals surface area contributed by atoms with Gasteiger partial charge in [-0.25, -0.2) is 0 Å². The number of halogens is 1. The van der Waals surface area contributed by atoms with Crippen molar-refractivity contribution < 1.29 is 9.47 Å². The molecular weight excluding hydrogens is 243 g/mol. The Labute approximate surface area is 75.4 Å². The van der Waals surface area contributed by atoms with Crippen LogP contribution in [0.1, 0.15) is 20.3 Å². The molecule has 0 saturated carbocycles. The van der Waals surface area contributed by atoms with Gasteiger partial charge >= 0.3 is 0 Å². The lowest BCUT2D eigenvalue weighted by Crippen LogP contribution is -2.40. The average molecular weight is 256 g/mol.